The Balaban J connectivity index is 0.000000201. The average molecular weight is 1990 g/mol. The Bertz CT molecular complexity index is 4120. The Kier molecular flexibility index (Phi) is 44.0. The molecule has 0 spiro atoms. The molecule has 14 heterocycles. The van der Waals surface area contributed by atoms with Gasteiger partial charge in [-0.3, -0.25) is 9.59 Å². The maximum absolute atomic E-state index is 11.6. The van der Waals surface area contributed by atoms with Gasteiger partial charge in [0.1, 0.15) is 103 Å². The summed E-state index contributed by atoms with van der Waals surface area (Å²) in [6, 6.07) is 0. The van der Waals surface area contributed by atoms with Crippen molar-refractivity contribution in [1.82, 2.24) is 0 Å². The van der Waals surface area contributed by atoms with Gasteiger partial charge in [-0.05, 0) is 44.2 Å². The lowest BCUT2D eigenvalue weighted by molar-refractivity contribution is -0.150. The van der Waals surface area contributed by atoms with Crippen molar-refractivity contribution in [3.63, 3.8) is 0 Å². The maximum Gasteiger partial charge on any atom is 0.331 e. The van der Waals surface area contributed by atoms with Crippen molar-refractivity contribution in [2.75, 3.05) is 92.5 Å². The molecule has 14 aliphatic rings. The number of aliphatic hydroxyl groups excluding tert-OH is 5. The molecule has 140 heavy (non-hydrogen) atoms. The first-order valence-corrected chi connectivity index (χ1v) is 42.6. The molecule has 0 aromatic carbocycles. The normalized spacial score (nSPS) is 32.4. The third-order valence-electron chi connectivity index (χ3n) is 21.0. The van der Waals surface area contributed by atoms with Crippen molar-refractivity contribution in [2.24, 2.45) is 11.8 Å². The number of carboxylic acid groups (broad SMARTS) is 5. The summed E-state index contributed by atoms with van der Waals surface area (Å²) in [4.78, 5) is 187. The number of hydrogen-bond donors (Lipinski definition) is 10. The highest BCUT2D eigenvalue weighted by atomic mass is 16.7. The molecule has 51 nitrogen and oxygen atoms in total. The third kappa shape index (κ3) is 35.9. The second-order valence-electron chi connectivity index (χ2n) is 31.7. The minimum absolute atomic E-state index is 0.0312. The molecule has 14 aliphatic heterocycles. The third-order valence-corrected chi connectivity index (χ3v) is 21.0. The summed E-state index contributed by atoms with van der Waals surface area (Å²) >= 11 is 0. The van der Waals surface area contributed by atoms with Crippen molar-refractivity contribution < 1.29 is 246 Å². The predicted octanol–water partition coefficient (Wildman–Crippen LogP) is -2.02. The molecular formula is C89H104O51. The zero-order valence-electron chi connectivity index (χ0n) is 74.9. The number of ketones is 2. The van der Waals surface area contributed by atoms with Crippen LogP contribution in [0.3, 0.4) is 0 Å². The number of carboxylic acids is 5. The van der Waals surface area contributed by atoms with E-state index in [1.54, 1.807) is 0 Å². The quantitative estimate of drug-likeness (QED) is 0.0122. The summed E-state index contributed by atoms with van der Waals surface area (Å²) in [6.45, 7) is 19.1. The molecule has 0 bridgehead atoms. The van der Waals surface area contributed by atoms with Gasteiger partial charge in [-0.2, -0.15) is 0 Å². The summed E-state index contributed by atoms with van der Waals surface area (Å²) in [5.74, 6) is -14.1. The lowest BCUT2D eigenvalue weighted by Crippen LogP contribution is -2.35. The first kappa shape index (κ1) is 112. The highest BCUT2D eigenvalue weighted by molar-refractivity contribution is 5.96. The van der Waals surface area contributed by atoms with Crippen LogP contribution in [-0.2, 0) is 195 Å². The number of aliphatic carboxylic acids is 5. The van der Waals surface area contributed by atoms with Gasteiger partial charge in [0.2, 0.25) is 0 Å². The zero-order valence-corrected chi connectivity index (χ0v) is 74.9. The molecule has 28 atom stereocenters. The lowest BCUT2D eigenvalue weighted by Gasteiger charge is -2.16. The van der Waals surface area contributed by atoms with Crippen molar-refractivity contribution in [3.05, 3.63) is 159 Å². The molecule has 0 aliphatic carbocycles. The maximum atomic E-state index is 11.6. The number of esters is 10. The molecule has 0 radical (unpaired) electrons. The molecule has 0 unspecified atom stereocenters. The Morgan fingerprint density at radius 3 is 0.507 bits per heavy atom. The van der Waals surface area contributed by atoms with Crippen LogP contribution < -0.4 is 0 Å². The van der Waals surface area contributed by atoms with E-state index in [0.29, 0.717) is 56.5 Å². The number of aliphatic hydroxyl groups is 5. The fourth-order valence-corrected chi connectivity index (χ4v) is 14.9. The largest absolute Gasteiger partial charge is 0.509 e. The Morgan fingerprint density at radius 1 is 0.200 bits per heavy atom. The van der Waals surface area contributed by atoms with Gasteiger partial charge < -0.3 is 165 Å². The van der Waals surface area contributed by atoms with Gasteiger partial charge in [-0.1, -0.05) is 33.6 Å². The standard InChI is InChI=1S/3C15H16O9.4C11H14O6/c3*1-8(16)2-4-12(19)23-9-6-21-15-10(7-22-14(9)15)24-13(20)5-3-11(17)18;2*1-6-4-15-11-7(5-16-10(6)11)17-9(14)3-2-8(12)13;2*1-6(12)2-3-9(14)17-8-5-16-10-7(13)4-15-11(8)10/h2-5,9-10,14-15H,6-7H2,1H3,(H,17,18);2*2-5,9-10,14-16H,1,6-7H2,(H,17,18);2*2-3,6-7,10-11H,4-5H2,1H3,(H,12,13);2-3,7-8,10-11,13H,4-5H2,1H3;2-3,7-8,10-13H,1,4-5H2/b4-2+,5-3+;2*4-2-,5-3-;3-2+;3-2-;3-2+;3-2-/t2*9-,10+,14+,15+;9-,10-,14-,15-;2*6-,7+,10+,11+;2*7-,8+,10-,11-/m0010011/s1. The first-order chi connectivity index (χ1) is 66.4. The number of hydrogen-bond acceptors (Lipinski definition) is 46. The Hall–Kier alpha value is -13.2. The van der Waals surface area contributed by atoms with Crippen molar-refractivity contribution in [3.8, 4) is 0 Å². The van der Waals surface area contributed by atoms with Crippen LogP contribution >= 0.6 is 0 Å². The predicted molar refractivity (Wildman–Crippen MR) is 452 cm³/mol. The average Bonchev–Trinajstić information content (AvgIpc) is 1.62. The monoisotopic (exact) mass is 1990 g/mol. The summed E-state index contributed by atoms with van der Waals surface area (Å²) in [6.07, 6.45) is 4.99. The summed E-state index contributed by atoms with van der Waals surface area (Å²) in [7, 11) is 0. The number of carbonyl (C=O) groups excluding carboxylic acids is 12. The van der Waals surface area contributed by atoms with Crippen LogP contribution in [0, 0.1) is 11.8 Å². The van der Waals surface area contributed by atoms with Crippen LogP contribution in [0.4, 0.5) is 0 Å². The van der Waals surface area contributed by atoms with Gasteiger partial charge in [0, 0.05) is 103 Å². The van der Waals surface area contributed by atoms with E-state index in [1.165, 1.54) is 13.8 Å². The van der Waals surface area contributed by atoms with Crippen LogP contribution in [0.15, 0.2) is 159 Å². The molecule has 14 saturated heterocycles. The van der Waals surface area contributed by atoms with Gasteiger partial charge in [0.25, 0.3) is 0 Å². The van der Waals surface area contributed by atoms with Gasteiger partial charge in [-0.15, -0.1) is 0 Å². The van der Waals surface area contributed by atoms with E-state index >= 15 is 0 Å². The van der Waals surface area contributed by atoms with Crippen LogP contribution in [0.2, 0.25) is 0 Å². The molecule has 0 saturated carbocycles. The van der Waals surface area contributed by atoms with Crippen LogP contribution in [0.5, 0.6) is 0 Å². The number of carbonyl (C=O) groups is 17. The highest BCUT2D eigenvalue weighted by Gasteiger charge is 2.56. The van der Waals surface area contributed by atoms with Gasteiger partial charge in [0.15, 0.2) is 72.6 Å². The Morgan fingerprint density at radius 2 is 0.336 bits per heavy atom. The molecular weight excluding hydrogens is 1880 g/mol. The van der Waals surface area contributed by atoms with E-state index in [9.17, 15) is 91.7 Å². The molecule has 51 heteroatoms. The lowest BCUT2D eigenvalue weighted by atomic mass is 10.0. The zero-order chi connectivity index (χ0) is 103. The molecule has 10 N–H and O–H groups in total. The topological polar surface area (TPSA) is 714 Å². The first-order valence-electron chi connectivity index (χ1n) is 42.6. The highest BCUT2D eigenvalue weighted by Crippen LogP contribution is 2.38. The van der Waals surface area contributed by atoms with E-state index in [2.05, 4.69) is 19.7 Å². The molecule has 0 aromatic rings. The van der Waals surface area contributed by atoms with Crippen LogP contribution in [0.1, 0.15) is 27.7 Å². The van der Waals surface area contributed by atoms with E-state index < -0.39 is 224 Å². The second-order valence-corrected chi connectivity index (χ2v) is 31.7. The molecule has 14 fully saturated rings. The van der Waals surface area contributed by atoms with Crippen LogP contribution in [0.25, 0.3) is 0 Å². The smallest absolute Gasteiger partial charge is 0.331 e. The van der Waals surface area contributed by atoms with E-state index in [4.69, 9.17) is 155 Å². The fourth-order valence-electron chi connectivity index (χ4n) is 14.9. The van der Waals surface area contributed by atoms with Crippen molar-refractivity contribution >= 4 is 101 Å². The summed E-state index contributed by atoms with van der Waals surface area (Å²) < 4.78 is 127. The van der Waals surface area contributed by atoms with E-state index in [0.717, 1.165) is 103 Å². The van der Waals surface area contributed by atoms with Gasteiger partial charge in [0.05, 0.1) is 105 Å². The van der Waals surface area contributed by atoms with Crippen molar-refractivity contribution in [2.45, 2.75) is 186 Å². The molecule has 0 aromatic heterocycles. The molecule has 14 rings (SSSR count). The SMILES string of the molecule is C=C(O)/C=C\C(=O)O[C@@H]1CO[C@H]2[C@@H]1OC[C@H]2OC(=O)/C=C\C(=O)O.C=C(O)/C=C\C(=O)O[C@H]1CO[C@H]2[C@@H]1OC[C@H]2O.C=C(O)/C=C\C(=O)O[C@H]1CO[C@H]2[C@@H]1OC[C@H]2OC(=O)/C=C\C(=O)O.CC(=O)/C=C/C(=O)O[C@H]1CO[C@H]2[C@@H]1OC[C@H]2O.CC(=O)/C=C/C(=O)O[C@H]1CO[C@H]2[C@@H]1OC[C@H]2OC(=O)/C=C/C(=O)O.C[C@H]1CO[C@H]2[C@@H]1OC[C@H]2OC(=O)/C=C/C(=O)O.C[C@H]1CO[C@H]2[C@@H]1OC[C@H]2OC(=O)/C=C\C(=O)O. The summed E-state index contributed by atoms with van der Waals surface area (Å²) in [5, 5.41) is 87.6. The number of rotatable bonds is 30. The number of fused-ring (bicyclic) bond motifs is 7. The summed E-state index contributed by atoms with van der Waals surface area (Å²) in [5.41, 5.74) is 0. The Labute approximate surface area is 793 Å². The molecule has 766 valence electrons. The van der Waals surface area contributed by atoms with E-state index in [-0.39, 0.29) is 119 Å². The minimum Gasteiger partial charge on any atom is -0.509 e. The van der Waals surface area contributed by atoms with Gasteiger partial charge >= 0.3 is 89.5 Å². The van der Waals surface area contributed by atoms with Crippen LogP contribution in [-0.4, -0.2) is 403 Å². The number of allylic oxidation sites excluding steroid dienone is 5. The minimum atomic E-state index is -1.27. The van der Waals surface area contributed by atoms with Crippen molar-refractivity contribution in [1.29, 1.82) is 0 Å². The fraction of sp³-hybridized carbons (Fsp3) is 0.517. The molecule has 0 amide bonds. The second kappa shape index (κ2) is 54.9. The van der Waals surface area contributed by atoms with Gasteiger partial charge in [-0.25, -0.2) is 71.9 Å². The number of ether oxygens (including phenoxy) is 24. The van der Waals surface area contributed by atoms with E-state index in [1.807, 2.05) is 13.8 Å².